The van der Waals surface area contributed by atoms with Crippen molar-refractivity contribution in [1.29, 1.82) is 0 Å². The monoisotopic (exact) mass is 475 g/mol. The Balaban J connectivity index is 1.41. The van der Waals surface area contributed by atoms with Crippen molar-refractivity contribution in [3.8, 4) is 11.1 Å². The van der Waals surface area contributed by atoms with E-state index < -0.39 is 11.9 Å². The van der Waals surface area contributed by atoms with Crippen molar-refractivity contribution in [2.45, 2.75) is 10.9 Å². The molecule has 2 heterocycles. The van der Waals surface area contributed by atoms with E-state index in [9.17, 15) is 18.8 Å². The van der Waals surface area contributed by atoms with Gasteiger partial charge in [0.25, 0.3) is 11.8 Å². The van der Waals surface area contributed by atoms with Gasteiger partial charge in [-0.3, -0.25) is 14.4 Å². The molecule has 3 aromatic rings. The van der Waals surface area contributed by atoms with Gasteiger partial charge in [0, 0.05) is 23.5 Å². The number of piperazine rings is 1. The van der Waals surface area contributed by atoms with Gasteiger partial charge in [-0.1, -0.05) is 24.3 Å². The molecule has 8 heteroatoms. The molecule has 1 unspecified atom stereocenters. The van der Waals surface area contributed by atoms with Gasteiger partial charge in [0.2, 0.25) is 5.91 Å². The van der Waals surface area contributed by atoms with Gasteiger partial charge in [0.1, 0.15) is 11.9 Å². The number of rotatable bonds is 3. The molecule has 0 bridgehead atoms. The highest BCUT2D eigenvalue weighted by atomic mass is 32.2. The molecule has 0 spiro atoms. The van der Waals surface area contributed by atoms with Crippen molar-refractivity contribution in [3.05, 3.63) is 83.7 Å². The van der Waals surface area contributed by atoms with Crippen molar-refractivity contribution in [3.63, 3.8) is 0 Å². The quantitative estimate of drug-likeness (QED) is 0.579. The summed E-state index contributed by atoms with van der Waals surface area (Å²) in [5.74, 6) is -1.46. The molecule has 2 aliphatic rings. The van der Waals surface area contributed by atoms with E-state index in [1.54, 1.807) is 30.0 Å². The number of nitrogens with zero attached hydrogens (tertiary/aromatic N) is 2. The molecule has 1 atom stereocenters. The van der Waals surface area contributed by atoms with Gasteiger partial charge in [0.05, 0.1) is 17.8 Å². The number of thioether (sulfide) groups is 1. The molecule has 6 nitrogen and oxygen atoms in total. The Kier molecular flexibility index (Phi) is 5.83. The molecular formula is C26H22FN3O3S. The predicted molar refractivity (Wildman–Crippen MR) is 129 cm³/mol. The number of hydrogen-bond acceptors (Lipinski definition) is 4. The van der Waals surface area contributed by atoms with Gasteiger partial charge in [-0.2, -0.15) is 0 Å². The Labute approximate surface area is 200 Å². The predicted octanol–water partition coefficient (Wildman–Crippen LogP) is 4.13. The second kappa shape index (κ2) is 8.95. The average molecular weight is 476 g/mol. The van der Waals surface area contributed by atoms with Gasteiger partial charge in [-0.15, -0.1) is 11.8 Å². The van der Waals surface area contributed by atoms with Gasteiger partial charge < -0.3 is 15.1 Å². The summed E-state index contributed by atoms with van der Waals surface area (Å²) >= 11 is 1.66. The van der Waals surface area contributed by atoms with E-state index >= 15 is 0 Å². The molecule has 0 saturated carbocycles. The smallest absolute Gasteiger partial charge is 0.256 e. The molecule has 2 aliphatic heterocycles. The van der Waals surface area contributed by atoms with Crippen LogP contribution in [0.3, 0.4) is 0 Å². The number of carbonyl (C=O) groups excluding carboxylic acids is 3. The highest BCUT2D eigenvalue weighted by molar-refractivity contribution is 7.98. The van der Waals surface area contributed by atoms with Crippen LogP contribution in [0.2, 0.25) is 0 Å². The third-order valence-electron chi connectivity index (χ3n) is 6.23. The third kappa shape index (κ3) is 4.05. The lowest BCUT2D eigenvalue weighted by molar-refractivity contribution is -0.121. The highest BCUT2D eigenvalue weighted by Crippen LogP contribution is 2.31. The first-order valence-electron chi connectivity index (χ1n) is 10.9. The van der Waals surface area contributed by atoms with Crippen LogP contribution in [-0.4, -0.2) is 59.5 Å². The lowest BCUT2D eigenvalue weighted by atomic mass is 10.0. The summed E-state index contributed by atoms with van der Waals surface area (Å²) in [7, 11) is 0. The van der Waals surface area contributed by atoms with Gasteiger partial charge in [-0.25, -0.2) is 4.39 Å². The maximum atomic E-state index is 13.6. The number of fused-ring (bicyclic) bond motifs is 2. The number of carbonyl (C=O) groups is 3. The molecule has 172 valence electrons. The first kappa shape index (κ1) is 22.2. The van der Waals surface area contributed by atoms with Gasteiger partial charge >= 0.3 is 0 Å². The average Bonchev–Trinajstić information content (AvgIpc) is 2.97. The molecule has 0 radical (unpaired) electrons. The molecule has 1 saturated heterocycles. The first-order valence-corrected chi connectivity index (χ1v) is 12.1. The molecule has 1 N–H and O–H groups in total. The number of halogens is 1. The summed E-state index contributed by atoms with van der Waals surface area (Å²) < 4.78 is 13.6. The van der Waals surface area contributed by atoms with E-state index in [-0.39, 0.29) is 42.9 Å². The maximum absolute atomic E-state index is 13.6. The van der Waals surface area contributed by atoms with Crippen LogP contribution < -0.4 is 5.32 Å². The number of nitrogens with one attached hydrogen (secondary N) is 1. The number of amides is 3. The van der Waals surface area contributed by atoms with Crippen LogP contribution in [-0.2, 0) is 4.79 Å². The summed E-state index contributed by atoms with van der Waals surface area (Å²) in [6, 6.07) is 18.1. The molecule has 1 fully saturated rings. The van der Waals surface area contributed by atoms with Gasteiger partial charge in [-0.05, 0) is 59.8 Å². The standard InChI is InChI=1S/C26H22FN3O3S/c1-34-20-8-5-16(6-9-20)17-7-10-22-21(14-17)26(33)30-12-11-29(15-23(30)24(31)28-22)25(32)18-3-2-4-19(27)13-18/h2-10,13-14,23H,11-12,15H2,1H3,(H,28,31). The number of anilines is 1. The van der Waals surface area contributed by atoms with E-state index in [1.165, 1.54) is 28.0 Å². The van der Waals surface area contributed by atoms with Crippen molar-refractivity contribution < 1.29 is 18.8 Å². The zero-order valence-corrected chi connectivity index (χ0v) is 19.3. The Morgan fingerprint density at radius 2 is 1.76 bits per heavy atom. The lowest BCUT2D eigenvalue weighted by Gasteiger charge is -2.39. The van der Waals surface area contributed by atoms with Crippen LogP contribution in [0.4, 0.5) is 10.1 Å². The highest BCUT2D eigenvalue weighted by Gasteiger charge is 2.40. The van der Waals surface area contributed by atoms with E-state index in [0.29, 0.717) is 11.3 Å². The Hall–Kier alpha value is -3.65. The maximum Gasteiger partial charge on any atom is 0.256 e. The summed E-state index contributed by atoms with van der Waals surface area (Å²) in [6.45, 7) is 0.518. The van der Waals surface area contributed by atoms with Crippen molar-refractivity contribution in [1.82, 2.24) is 9.80 Å². The summed E-state index contributed by atoms with van der Waals surface area (Å²) in [6.07, 6.45) is 2.01. The normalized spacial score (nSPS) is 17.5. The van der Waals surface area contributed by atoms with E-state index in [2.05, 4.69) is 5.32 Å². The fourth-order valence-electron chi connectivity index (χ4n) is 4.40. The SMILES string of the molecule is CSc1ccc(-c2ccc3c(c2)C(=O)N2CCN(C(=O)c4cccc(F)c4)CC2C(=O)N3)cc1. The third-order valence-corrected chi connectivity index (χ3v) is 6.98. The molecule has 3 amide bonds. The Morgan fingerprint density at radius 1 is 1.00 bits per heavy atom. The largest absolute Gasteiger partial charge is 0.334 e. The Bertz CT molecular complexity index is 1290. The Morgan fingerprint density at radius 3 is 2.50 bits per heavy atom. The summed E-state index contributed by atoms with van der Waals surface area (Å²) in [4.78, 5) is 43.6. The molecule has 34 heavy (non-hydrogen) atoms. The second-order valence-electron chi connectivity index (χ2n) is 8.25. The van der Waals surface area contributed by atoms with E-state index in [0.717, 1.165) is 16.0 Å². The van der Waals surface area contributed by atoms with E-state index in [4.69, 9.17) is 0 Å². The zero-order valence-electron chi connectivity index (χ0n) is 18.5. The number of hydrogen-bond donors (Lipinski definition) is 1. The molecule has 0 aromatic heterocycles. The molecule has 3 aromatic carbocycles. The molecule has 0 aliphatic carbocycles. The summed E-state index contributed by atoms with van der Waals surface area (Å²) in [5.41, 5.74) is 2.96. The van der Waals surface area contributed by atoms with Crippen LogP contribution in [0.15, 0.2) is 71.6 Å². The van der Waals surface area contributed by atoms with Crippen LogP contribution >= 0.6 is 11.8 Å². The fourth-order valence-corrected chi connectivity index (χ4v) is 4.81. The van der Waals surface area contributed by atoms with E-state index in [1.807, 2.05) is 36.6 Å². The van der Waals surface area contributed by atoms with Gasteiger partial charge in [0.15, 0.2) is 0 Å². The molecule has 5 rings (SSSR count). The topological polar surface area (TPSA) is 69.7 Å². The van der Waals surface area contributed by atoms with Crippen molar-refractivity contribution in [2.24, 2.45) is 0 Å². The minimum Gasteiger partial charge on any atom is -0.334 e. The van der Waals surface area contributed by atoms with Crippen molar-refractivity contribution >= 4 is 35.2 Å². The van der Waals surface area contributed by atoms with Crippen LogP contribution in [0.5, 0.6) is 0 Å². The first-order chi connectivity index (χ1) is 16.4. The van der Waals surface area contributed by atoms with Crippen LogP contribution in [0.25, 0.3) is 11.1 Å². The fraction of sp³-hybridized carbons (Fsp3) is 0.192. The second-order valence-corrected chi connectivity index (χ2v) is 9.13. The minimum atomic E-state index is -0.824. The molecular weight excluding hydrogens is 453 g/mol. The van der Waals surface area contributed by atoms with Crippen LogP contribution in [0.1, 0.15) is 20.7 Å². The number of benzene rings is 3. The zero-order chi connectivity index (χ0) is 23.8. The van der Waals surface area contributed by atoms with Crippen LogP contribution in [0, 0.1) is 5.82 Å². The minimum absolute atomic E-state index is 0.0455. The lowest BCUT2D eigenvalue weighted by Crippen LogP contribution is -2.59. The summed E-state index contributed by atoms with van der Waals surface area (Å²) in [5, 5.41) is 2.85. The van der Waals surface area contributed by atoms with Crippen molar-refractivity contribution in [2.75, 3.05) is 31.2 Å².